The summed E-state index contributed by atoms with van der Waals surface area (Å²) in [5.41, 5.74) is 2.10. The molecule has 0 aliphatic heterocycles. The number of ketones is 2. The van der Waals surface area contributed by atoms with Gasteiger partial charge in [-0.1, -0.05) is 0 Å². The number of aromatic amines is 2. The summed E-state index contributed by atoms with van der Waals surface area (Å²) in [5.74, 6) is -1.98. The lowest BCUT2D eigenvalue weighted by Gasteiger charge is -2.17. The van der Waals surface area contributed by atoms with Gasteiger partial charge in [-0.2, -0.15) is 0 Å². The molecule has 2 heterocycles. The zero-order valence-corrected chi connectivity index (χ0v) is 18.3. The maximum absolute atomic E-state index is 14.1. The van der Waals surface area contributed by atoms with Gasteiger partial charge in [0.05, 0.1) is 22.6 Å². The van der Waals surface area contributed by atoms with Crippen molar-refractivity contribution >= 4 is 28.3 Å². The Morgan fingerprint density at radius 1 is 1.06 bits per heavy atom. The lowest BCUT2D eigenvalue weighted by molar-refractivity contribution is 0.0852. The molecule has 0 amide bonds. The number of hydrogen-bond donors (Lipinski definition) is 3. The number of pyridine rings is 1. The SMILES string of the molecule is CC(Cc1cc(F)ccc1F)Nc1cc[nH]c(=O)c1-c1nc2cc3c(cc2[nH]1)C(=O)C(C)C3=O. The van der Waals surface area contributed by atoms with Crippen molar-refractivity contribution < 1.29 is 18.4 Å². The predicted octanol–water partition coefficient (Wildman–Crippen LogP) is 4.25. The first kappa shape index (κ1) is 21.7. The van der Waals surface area contributed by atoms with E-state index in [1.807, 2.05) is 0 Å². The van der Waals surface area contributed by atoms with E-state index in [-0.39, 0.29) is 41.0 Å². The number of nitrogens with one attached hydrogen (secondary N) is 3. The normalized spacial score (nSPS) is 14.6. The Morgan fingerprint density at radius 2 is 1.79 bits per heavy atom. The van der Waals surface area contributed by atoms with Gasteiger partial charge in [0, 0.05) is 23.4 Å². The molecule has 2 aromatic carbocycles. The molecule has 172 valence electrons. The lowest BCUT2D eigenvalue weighted by Crippen LogP contribution is -2.22. The fourth-order valence-corrected chi connectivity index (χ4v) is 4.35. The van der Waals surface area contributed by atoms with Crippen LogP contribution in [0.2, 0.25) is 0 Å². The number of Topliss-reactive ketones (excluding diaryl/α,β-unsaturated/α-hetero) is 2. The molecule has 2 aromatic heterocycles. The standard InChI is InChI=1S/C25H20F2N4O3/c1-11(7-13-8-14(26)3-4-17(13)27)29-18-5-6-28-25(34)21(18)24-30-19-9-15-16(10-20(19)31-24)23(33)12(2)22(15)32/h3-6,8-12H,7H2,1-2H3,(H,30,31)(H2,28,29,34). The third-order valence-electron chi connectivity index (χ3n) is 6.07. The number of anilines is 1. The van der Waals surface area contributed by atoms with E-state index >= 15 is 0 Å². The zero-order chi connectivity index (χ0) is 24.1. The Hall–Kier alpha value is -4.14. The quantitative estimate of drug-likeness (QED) is 0.384. The van der Waals surface area contributed by atoms with Crippen molar-refractivity contribution in [1.29, 1.82) is 0 Å². The van der Waals surface area contributed by atoms with E-state index in [0.29, 0.717) is 27.8 Å². The maximum atomic E-state index is 14.1. The summed E-state index contributed by atoms with van der Waals surface area (Å²) < 4.78 is 27.6. The van der Waals surface area contributed by atoms with Crippen molar-refractivity contribution in [2.45, 2.75) is 26.3 Å². The average Bonchev–Trinajstić information content (AvgIpc) is 3.29. The molecule has 2 atom stereocenters. The minimum Gasteiger partial charge on any atom is -0.381 e. The molecule has 2 unspecified atom stereocenters. The first-order valence-corrected chi connectivity index (χ1v) is 10.8. The molecule has 4 aromatic rings. The Labute approximate surface area is 192 Å². The molecule has 1 aliphatic rings. The molecule has 0 bridgehead atoms. The highest BCUT2D eigenvalue weighted by Crippen LogP contribution is 2.32. The summed E-state index contributed by atoms with van der Waals surface area (Å²) in [4.78, 5) is 47.7. The molecule has 0 spiro atoms. The van der Waals surface area contributed by atoms with E-state index in [1.54, 1.807) is 32.0 Å². The topological polar surface area (TPSA) is 108 Å². The summed E-state index contributed by atoms with van der Waals surface area (Å²) in [7, 11) is 0. The minimum absolute atomic E-state index is 0.186. The molecule has 0 fully saturated rings. The van der Waals surface area contributed by atoms with E-state index in [2.05, 4.69) is 20.3 Å². The number of rotatable bonds is 5. The largest absolute Gasteiger partial charge is 0.381 e. The second-order valence-electron chi connectivity index (χ2n) is 8.53. The number of benzene rings is 2. The van der Waals surface area contributed by atoms with Crippen molar-refractivity contribution in [2.75, 3.05) is 5.32 Å². The highest BCUT2D eigenvalue weighted by molar-refractivity contribution is 6.27. The third kappa shape index (κ3) is 3.59. The fraction of sp³-hybridized carbons (Fsp3) is 0.200. The Kier molecular flexibility index (Phi) is 5.11. The van der Waals surface area contributed by atoms with Crippen LogP contribution in [0.5, 0.6) is 0 Å². The van der Waals surface area contributed by atoms with E-state index in [4.69, 9.17) is 0 Å². The molecule has 7 nitrogen and oxygen atoms in total. The highest BCUT2D eigenvalue weighted by atomic mass is 19.1. The van der Waals surface area contributed by atoms with Crippen LogP contribution in [0.1, 0.15) is 40.1 Å². The molecule has 0 saturated heterocycles. The van der Waals surface area contributed by atoms with Crippen molar-refractivity contribution in [3.8, 4) is 11.4 Å². The van der Waals surface area contributed by atoms with Crippen molar-refractivity contribution in [2.24, 2.45) is 5.92 Å². The van der Waals surface area contributed by atoms with E-state index in [9.17, 15) is 23.2 Å². The number of carbonyl (C=O) groups is 2. The number of hydrogen-bond acceptors (Lipinski definition) is 5. The van der Waals surface area contributed by atoms with Crippen LogP contribution in [0, 0.1) is 17.6 Å². The van der Waals surface area contributed by atoms with Crippen LogP contribution in [-0.4, -0.2) is 32.6 Å². The van der Waals surface area contributed by atoms with Gasteiger partial charge in [0.25, 0.3) is 5.56 Å². The first-order valence-electron chi connectivity index (χ1n) is 10.8. The predicted molar refractivity (Wildman–Crippen MR) is 123 cm³/mol. The van der Waals surface area contributed by atoms with Gasteiger partial charge in [-0.25, -0.2) is 13.8 Å². The van der Waals surface area contributed by atoms with Crippen LogP contribution in [0.25, 0.3) is 22.4 Å². The Bertz CT molecular complexity index is 1490. The molecule has 3 N–H and O–H groups in total. The lowest BCUT2D eigenvalue weighted by atomic mass is 10.1. The minimum atomic E-state index is -0.710. The number of H-pyrrole nitrogens is 2. The van der Waals surface area contributed by atoms with Crippen LogP contribution in [0.4, 0.5) is 14.5 Å². The number of halogens is 2. The van der Waals surface area contributed by atoms with E-state index < -0.39 is 23.1 Å². The summed E-state index contributed by atoms with van der Waals surface area (Å²) in [6, 6.07) is 7.74. The molecule has 9 heteroatoms. The monoisotopic (exact) mass is 462 g/mol. The van der Waals surface area contributed by atoms with Crippen molar-refractivity contribution in [3.05, 3.63) is 81.3 Å². The number of nitrogens with zero attached hydrogens (tertiary/aromatic N) is 1. The number of imidazole rings is 1. The summed E-state index contributed by atoms with van der Waals surface area (Å²) >= 11 is 0. The number of carbonyl (C=O) groups excluding carboxylic acids is 2. The molecular weight excluding hydrogens is 442 g/mol. The van der Waals surface area contributed by atoms with Crippen LogP contribution in [0.3, 0.4) is 0 Å². The van der Waals surface area contributed by atoms with Gasteiger partial charge >= 0.3 is 0 Å². The zero-order valence-electron chi connectivity index (χ0n) is 18.3. The van der Waals surface area contributed by atoms with Crippen LogP contribution in [-0.2, 0) is 6.42 Å². The van der Waals surface area contributed by atoms with Gasteiger partial charge < -0.3 is 15.3 Å². The summed E-state index contributed by atoms with van der Waals surface area (Å²) in [6.45, 7) is 3.37. The molecular formula is C25H20F2N4O3. The number of aromatic nitrogens is 3. The molecule has 0 radical (unpaired) electrons. The first-order chi connectivity index (χ1) is 16.2. The molecule has 1 aliphatic carbocycles. The molecule has 5 rings (SSSR count). The van der Waals surface area contributed by atoms with Gasteiger partial charge in [-0.15, -0.1) is 0 Å². The van der Waals surface area contributed by atoms with Gasteiger partial charge in [-0.05, 0) is 62.2 Å². The number of fused-ring (bicyclic) bond motifs is 2. The fourth-order valence-electron chi connectivity index (χ4n) is 4.35. The average molecular weight is 462 g/mol. The van der Waals surface area contributed by atoms with Gasteiger partial charge in [0.2, 0.25) is 0 Å². The van der Waals surface area contributed by atoms with E-state index in [0.717, 1.165) is 18.2 Å². The molecule has 34 heavy (non-hydrogen) atoms. The van der Waals surface area contributed by atoms with Gasteiger partial charge in [0.15, 0.2) is 11.6 Å². The highest BCUT2D eigenvalue weighted by Gasteiger charge is 2.35. The smallest absolute Gasteiger partial charge is 0.261 e. The third-order valence-corrected chi connectivity index (χ3v) is 6.07. The van der Waals surface area contributed by atoms with Crippen LogP contribution < -0.4 is 10.9 Å². The Balaban J connectivity index is 1.50. The van der Waals surface area contributed by atoms with Crippen molar-refractivity contribution in [3.63, 3.8) is 0 Å². The van der Waals surface area contributed by atoms with Gasteiger partial charge in [0.1, 0.15) is 23.0 Å². The van der Waals surface area contributed by atoms with Crippen LogP contribution in [0.15, 0.2) is 47.4 Å². The van der Waals surface area contributed by atoms with Crippen LogP contribution >= 0.6 is 0 Å². The summed E-state index contributed by atoms with van der Waals surface area (Å²) in [5, 5.41) is 3.18. The second kappa shape index (κ2) is 8.02. The van der Waals surface area contributed by atoms with E-state index in [1.165, 1.54) is 6.20 Å². The maximum Gasteiger partial charge on any atom is 0.261 e. The van der Waals surface area contributed by atoms with Gasteiger partial charge in [-0.3, -0.25) is 14.4 Å². The molecule has 0 saturated carbocycles. The Morgan fingerprint density at radius 3 is 2.56 bits per heavy atom. The second-order valence-corrected chi connectivity index (χ2v) is 8.53. The van der Waals surface area contributed by atoms with Crippen molar-refractivity contribution in [1.82, 2.24) is 15.0 Å². The summed E-state index contributed by atoms with van der Waals surface area (Å²) in [6.07, 6.45) is 1.66.